The van der Waals surface area contributed by atoms with Crippen LogP contribution in [0.4, 0.5) is 5.95 Å². The highest BCUT2D eigenvalue weighted by molar-refractivity contribution is 7.47. The standard InChI is InChI=1S/C19H29N5O16P2/c20-19-22-16-12(17(29)23-19)21-6-24(16)18-14(28)15(40-42(32,33)36-4-10-13(27)8(26)2-35-10)11(38-18)5-37-41(30,31)39-9-3-34-1-7(9)25/h6-11,13-15,18,25-28H,1-5H2,(H,30,31)(H,32,33)(H3,20,22,23,29)/t7-,8-,9+,10+,11+,13-,14+,15+,18+/m0/s1. The summed E-state index contributed by atoms with van der Waals surface area (Å²) in [7, 11) is -9.96. The summed E-state index contributed by atoms with van der Waals surface area (Å²) in [5.41, 5.74) is 4.59. The Balaban J connectivity index is 1.35. The number of hydrogen-bond acceptors (Lipinski definition) is 17. The number of aromatic amines is 1. The van der Waals surface area contributed by atoms with E-state index in [1.165, 1.54) is 0 Å². The Bertz CT molecular complexity index is 1420. The summed E-state index contributed by atoms with van der Waals surface area (Å²) < 4.78 is 62.2. The van der Waals surface area contributed by atoms with Gasteiger partial charge in [0.05, 0.1) is 39.4 Å². The highest BCUT2D eigenvalue weighted by Crippen LogP contribution is 2.51. The van der Waals surface area contributed by atoms with Crippen molar-refractivity contribution >= 4 is 32.8 Å². The minimum Gasteiger partial charge on any atom is -0.388 e. The van der Waals surface area contributed by atoms with Gasteiger partial charge in [0.2, 0.25) is 5.95 Å². The van der Waals surface area contributed by atoms with E-state index in [9.17, 15) is 44.1 Å². The molecule has 0 aliphatic carbocycles. The van der Waals surface area contributed by atoms with Crippen molar-refractivity contribution in [3.63, 3.8) is 0 Å². The van der Waals surface area contributed by atoms with E-state index in [1.807, 2.05) is 0 Å². The first-order valence-electron chi connectivity index (χ1n) is 12.4. The molecule has 11 atom stereocenters. The predicted molar refractivity (Wildman–Crippen MR) is 132 cm³/mol. The Kier molecular flexibility index (Phi) is 9.18. The lowest BCUT2D eigenvalue weighted by Gasteiger charge is -2.25. The molecule has 9 N–H and O–H groups in total. The number of ether oxygens (including phenoxy) is 3. The number of anilines is 1. The number of H-pyrrole nitrogens is 1. The second-order valence-corrected chi connectivity index (χ2v) is 12.4. The summed E-state index contributed by atoms with van der Waals surface area (Å²) in [6.07, 6.45) is -11.8. The Morgan fingerprint density at radius 1 is 1.00 bits per heavy atom. The second-order valence-electron chi connectivity index (χ2n) is 9.61. The summed E-state index contributed by atoms with van der Waals surface area (Å²) in [6.45, 7) is -2.12. The number of rotatable bonds is 11. The molecular weight excluding hydrogens is 616 g/mol. The van der Waals surface area contributed by atoms with Gasteiger partial charge in [-0.15, -0.1) is 0 Å². The summed E-state index contributed by atoms with van der Waals surface area (Å²) >= 11 is 0. The minimum atomic E-state index is -5.08. The van der Waals surface area contributed by atoms with Crippen molar-refractivity contribution in [3.8, 4) is 0 Å². The van der Waals surface area contributed by atoms with Crippen LogP contribution in [0.2, 0.25) is 0 Å². The average molecular weight is 645 g/mol. The molecule has 21 nitrogen and oxygen atoms in total. The van der Waals surface area contributed by atoms with E-state index in [0.29, 0.717) is 0 Å². The average Bonchev–Trinajstić information content (AvgIpc) is 3.66. The Morgan fingerprint density at radius 3 is 2.33 bits per heavy atom. The minimum absolute atomic E-state index is 0.131. The molecule has 5 heterocycles. The number of phosphoric acid groups is 2. The number of nitrogens with zero attached hydrogens (tertiary/aromatic N) is 3. The summed E-state index contributed by atoms with van der Waals surface area (Å²) in [5, 5.41) is 40.4. The number of nitrogens with one attached hydrogen (secondary N) is 1. The van der Waals surface area contributed by atoms with Crippen LogP contribution in [0.1, 0.15) is 6.23 Å². The number of phosphoric ester groups is 2. The van der Waals surface area contributed by atoms with Gasteiger partial charge >= 0.3 is 15.6 Å². The summed E-state index contributed by atoms with van der Waals surface area (Å²) in [5.74, 6) is -0.291. The molecule has 23 heteroatoms. The van der Waals surface area contributed by atoms with Gasteiger partial charge in [-0.05, 0) is 0 Å². The molecule has 0 amide bonds. The number of aliphatic hydroxyl groups is 4. The number of nitrogen functional groups attached to an aromatic ring is 1. The van der Waals surface area contributed by atoms with Gasteiger partial charge in [0.1, 0.15) is 48.8 Å². The smallest absolute Gasteiger partial charge is 0.388 e. The maximum absolute atomic E-state index is 12.8. The molecule has 42 heavy (non-hydrogen) atoms. The van der Waals surface area contributed by atoms with Gasteiger partial charge in [-0.1, -0.05) is 0 Å². The number of hydrogen-bond donors (Lipinski definition) is 8. The monoisotopic (exact) mass is 645 g/mol. The first-order valence-corrected chi connectivity index (χ1v) is 15.3. The number of imidazole rings is 1. The highest BCUT2D eigenvalue weighted by Gasteiger charge is 2.51. The molecule has 2 aromatic rings. The lowest BCUT2D eigenvalue weighted by Crippen LogP contribution is -2.37. The van der Waals surface area contributed by atoms with Crippen molar-refractivity contribution in [1.82, 2.24) is 19.5 Å². The zero-order valence-corrected chi connectivity index (χ0v) is 23.2. The van der Waals surface area contributed by atoms with E-state index >= 15 is 0 Å². The molecule has 236 valence electrons. The SMILES string of the molecule is Nc1nc2c(ncn2[C@@H]2O[C@H](COP(=O)(O)O[C@@H]3COC[C@@H]3O)[C@@H](OP(=O)(O)OC[C@H]3OC[C@H](O)[C@@H]3O)[C@H]2O)c(=O)[nH]1. The van der Waals surface area contributed by atoms with Crippen LogP contribution in [-0.4, -0.2) is 132 Å². The second kappa shape index (κ2) is 12.2. The summed E-state index contributed by atoms with van der Waals surface area (Å²) in [4.78, 5) is 42.9. The molecule has 3 saturated heterocycles. The number of aliphatic hydroxyl groups excluding tert-OH is 4. The third-order valence-corrected chi connectivity index (χ3v) is 8.62. The lowest BCUT2D eigenvalue weighted by molar-refractivity contribution is -0.0547. The van der Waals surface area contributed by atoms with E-state index in [-0.39, 0.29) is 36.9 Å². The predicted octanol–water partition coefficient (Wildman–Crippen LogP) is -3.52. The van der Waals surface area contributed by atoms with E-state index in [1.54, 1.807) is 0 Å². The maximum atomic E-state index is 12.8. The zero-order chi connectivity index (χ0) is 30.4. The van der Waals surface area contributed by atoms with Crippen LogP contribution in [0.5, 0.6) is 0 Å². The normalized spacial score (nSPS) is 36.4. The Labute approximate surface area is 234 Å². The lowest BCUT2D eigenvalue weighted by atomic mass is 10.1. The van der Waals surface area contributed by atoms with Crippen LogP contribution in [0.15, 0.2) is 11.1 Å². The number of nitrogens with two attached hydrogens (primary N) is 1. The zero-order valence-electron chi connectivity index (χ0n) is 21.4. The fourth-order valence-electron chi connectivity index (χ4n) is 4.50. The van der Waals surface area contributed by atoms with Gasteiger partial charge in [-0.2, -0.15) is 4.98 Å². The van der Waals surface area contributed by atoms with Crippen molar-refractivity contribution in [2.75, 3.05) is 38.8 Å². The van der Waals surface area contributed by atoms with Gasteiger partial charge in [-0.3, -0.25) is 32.4 Å². The fraction of sp³-hybridized carbons (Fsp3) is 0.737. The van der Waals surface area contributed by atoms with E-state index < -0.39 is 89.5 Å². The van der Waals surface area contributed by atoms with Crippen LogP contribution in [-0.2, 0) is 41.4 Å². The first kappa shape index (κ1) is 31.5. The van der Waals surface area contributed by atoms with E-state index in [0.717, 1.165) is 10.9 Å². The van der Waals surface area contributed by atoms with Crippen molar-refractivity contribution in [1.29, 1.82) is 0 Å². The molecule has 3 aliphatic heterocycles. The third-order valence-electron chi connectivity index (χ3n) is 6.62. The molecule has 0 aromatic carbocycles. The molecule has 5 rings (SSSR count). The van der Waals surface area contributed by atoms with Gasteiger partial charge in [0.25, 0.3) is 5.56 Å². The molecule has 3 aliphatic rings. The molecule has 2 unspecified atom stereocenters. The van der Waals surface area contributed by atoms with Crippen LogP contribution in [0.25, 0.3) is 11.2 Å². The maximum Gasteiger partial charge on any atom is 0.472 e. The molecular formula is C19H29N5O16P2. The van der Waals surface area contributed by atoms with Gasteiger partial charge in [0.15, 0.2) is 17.4 Å². The third kappa shape index (κ3) is 6.75. The van der Waals surface area contributed by atoms with Gasteiger partial charge in [-0.25, -0.2) is 14.1 Å². The molecule has 0 spiro atoms. The van der Waals surface area contributed by atoms with Crippen LogP contribution in [0.3, 0.4) is 0 Å². The number of fused-ring (bicyclic) bond motifs is 1. The van der Waals surface area contributed by atoms with E-state index in [4.69, 9.17) is 38.0 Å². The van der Waals surface area contributed by atoms with Gasteiger partial charge < -0.3 is 50.2 Å². The van der Waals surface area contributed by atoms with Crippen LogP contribution >= 0.6 is 15.6 Å². The molecule has 0 bridgehead atoms. The topological polar surface area (TPSA) is 310 Å². The Hall–Kier alpha value is -1.91. The number of aromatic nitrogens is 4. The molecule has 0 radical (unpaired) electrons. The van der Waals surface area contributed by atoms with E-state index in [2.05, 4.69) is 15.0 Å². The van der Waals surface area contributed by atoms with Crippen molar-refractivity contribution in [2.45, 2.75) is 55.1 Å². The Morgan fingerprint density at radius 2 is 1.69 bits per heavy atom. The van der Waals surface area contributed by atoms with Crippen molar-refractivity contribution < 1.29 is 71.6 Å². The fourth-order valence-corrected chi connectivity index (χ4v) is 6.41. The van der Waals surface area contributed by atoms with Crippen LogP contribution in [0, 0.1) is 0 Å². The first-order chi connectivity index (χ1) is 19.7. The quantitative estimate of drug-likeness (QED) is 0.110. The molecule has 2 aromatic heterocycles. The van der Waals surface area contributed by atoms with Gasteiger partial charge in [0, 0.05) is 0 Å². The van der Waals surface area contributed by atoms with Crippen molar-refractivity contribution in [3.05, 3.63) is 16.7 Å². The van der Waals surface area contributed by atoms with Crippen LogP contribution < -0.4 is 11.3 Å². The largest absolute Gasteiger partial charge is 0.472 e. The highest BCUT2D eigenvalue weighted by atomic mass is 31.2. The van der Waals surface area contributed by atoms with Crippen molar-refractivity contribution in [2.24, 2.45) is 0 Å². The molecule has 3 fully saturated rings. The molecule has 0 saturated carbocycles. The summed E-state index contributed by atoms with van der Waals surface area (Å²) in [6, 6.07) is 0.